The number of hydrogen-bond donors (Lipinski definition) is 1. The fourth-order valence-corrected chi connectivity index (χ4v) is 3.20. The fraction of sp³-hybridized carbons (Fsp3) is 0.368. The number of carbonyl (C=O) groups is 1. The van der Waals surface area contributed by atoms with Crippen molar-refractivity contribution in [3.05, 3.63) is 42.0 Å². The number of fused-ring (bicyclic) bond motifs is 1. The summed E-state index contributed by atoms with van der Waals surface area (Å²) in [5.41, 5.74) is 2.18. The van der Waals surface area contributed by atoms with Crippen LogP contribution in [0.4, 0.5) is 13.2 Å². The van der Waals surface area contributed by atoms with Crippen molar-refractivity contribution in [2.75, 3.05) is 7.11 Å². The zero-order valence-electron chi connectivity index (χ0n) is 15.7. The summed E-state index contributed by atoms with van der Waals surface area (Å²) >= 11 is 0. The monoisotopic (exact) mass is 405 g/mol. The van der Waals surface area contributed by atoms with E-state index < -0.39 is 24.0 Å². The highest BCUT2D eigenvalue weighted by Crippen LogP contribution is 2.40. The lowest BCUT2D eigenvalue weighted by atomic mass is 10.1. The number of imidazole rings is 1. The first kappa shape index (κ1) is 19.2. The van der Waals surface area contributed by atoms with Gasteiger partial charge in [0.2, 0.25) is 0 Å². The molecule has 1 fully saturated rings. The van der Waals surface area contributed by atoms with Crippen LogP contribution in [0.3, 0.4) is 0 Å². The lowest BCUT2D eigenvalue weighted by molar-refractivity contribution is -0.158. The Morgan fingerprint density at radius 3 is 2.69 bits per heavy atom. The Kier molecular flexibility index (Phi) is 4.64. The van der Waals surface area contributed by atoms with E-state index in [1.807, 2.05) is 0 Å². The van der Waals surface area contributed by atoms with Gasteiger partial charge in [-0.1, -0.05) is 0 Å². The molecule has 0 unspecified atom stereocenters. The van der Waals surface area contributed by atoms with Crippen LogP contribution in [-0.2, 0) is 0 Å². The number of rotatable bonds is 5. The molecular formula is C19H18F3N5O2. The van der Waals surface area contributed by atoms with Crippen LogP contribution in [0.5, 0.6) is 5.75 Å². The maximum atomic E-state index is 13.3. The van der Waals surface area contributed by atoms with E-state index in [2.05, 4.69) is 20.4 Å². The topological polar surface area (TPSA) is 81.4 Å². The first-order valence-corrected chi connectivity index (χ1v) is 9.00. The third-order valence-electron chi connectivity index (χ3n) is 4.86. The van der Waals surface area contributed by atoms with Gasteiger partial charge in [0.1, 0.15) is 11.8 Å². The Morgan fingerprint density at radius 1 is 1.28 bits per heavy atom. The Labute approximate surface area is 163 Å². The summed E-state index contributed by atoms with van der Waals surface area (Å²) in [6.07, 6.45) is 0.750. The third-order valence-corrected chi connectivity index (χ3v) is 4.86. The molecule has 10 heteroatoms. The van der Waals surface area contributed by atoms with Crippen molar-refractivity contribution in [3.63, 3.8) is 0 Å². The highest BCUT2D eigenvalue weighted by atomic mass is 19.4. The molecule has 1 amide bonds. The first-order valence-electron chi connectivity index (χ1n) is 9.00. The van der Waals surface area contributed by atoms with Crippen molar-refractivity contribution in [1.82, 2.24) is 24.9 Å². The molecule has 0 aliphatic heterocycles. The number of aromatic nitrogens is 4. The number of halogens is 3. The van der Waals surface area contributed by atoms with E-state index in [9.17, 15) is 18.0 Å². The van der Waals surface area contributed by atoms with E-state index in [-0.39, 0.29) is 5.69 Å². The van der Waals surface area contributed by atoms with Gasteiger partial charge in [-0.3, -0.25) is 9.78 Å². The number of pyridine rings is 1. The quantitative estimate of drug-likeness (QED) is 0.705. The molecule has 0 aromatic carbocycles. The highest BCUT2D eigenvalue weighted by Gasteiger charge is 2.49. The average molecular weight is 405 g/mol. The predicted molar refractivity (Wildman–Crippen MR) is 97.5 cm³/mol. The summed E-state index contributed by atoms with van der Waals surface area (Å²) in [5.74, 6) is -0.908. The lowest BCUT2D eigenvalue weighted by Crippen LogP contribution is -2.47. The molecule has 29 heavy (non-hydrogen) atoms. The number of carbonyl (C=O) groups excluding carboxylic acids is 1. The molecule has 7 nitrogen and oxygen atoms in total. The number of nitrogens with one attached hydrogen (secondary N) is 1. The van der Waals surface area contributed by atoms with Gasteiger partial charge in [-0.05, 0) is 43.4 Å². The highest BCUT2D eigenvalue weighted by molar-refractivity contribution is 5.93. The van der Waals surface area contributed by atoms with Crippen LogP contribution in [0.2, 0.25) is 0 Å². The predicted octanol–water partition coefficient (Wildman–Crippen LogP) is 3.18. The number of ether oxygens (including phenoxy) is 1. The molecule has 152 valence electrons. The van der Waals surface area contributed by atoms with Crippen molar-refractivity contribution in [3.8, 4) is 17.0 Å². The molecule has 0 radical (unpaired) electrons. The van der Waals surface area contributed by atoms with Gasteiger partial charge in [-0.15, -0.1) is 0 Å². The van der Waals surface area contributed by atoms with Crippen molar-refractivity contribution in [2.24, 2.45) is 5.92 Å². The summed E-state index contributed by atoms with van der Waals surface area (Å²) in [7, 11) is 1.51. The molecule has 3 aromatic rings. The molecule has 1 N–H and O–H groups in total. The normalized spacial score (nSPS) is 15.3. The average Bonchev–Trinajstić information content (AvgIpc) is 3.42. The summed E-state index contributed by atoms with van der Waals surface area (Å²) in [4.78, 5) is 20.9. The lowest BCUT2D eigenvalue weighted by Gasteiger charge is -2.21. The van der Waals surface area contributed by atoms with Crippen LogP contribution in [0.25, 0.3) is 16.9 Å². The molecule has 1 aliphatic carbocycles. The molecule has 3 heterocycles. The fourth-order valence-electron chi connectivity index (χ4n) is 3.20. The van der Waals surface area contributed by atoms with E-state index in [4.69, 9.17) is 4.74 Å². The molecule has 1 saturated carbocycles. The van der Waals surface area contributed by atoms with Gasteiger partial charge in [0.05, 0.1) is 25.2 Å². The number of nitrogens with zero attached hydrogens (tertiary/aromatic N) is 4. The van der Waals surface area contributed by atoms with Crippen molar-refractivity contribution in [1.29, 1.82) is 0 Å². The van der Waals surface area contributed by atoms with Gasteiger partial charge in [-0.25, -0.2) is 9.50 Å². The van der Waals surface area contributed by atoms with Crippen LogP contribution < -0.4 is 10.1 Å². The van der Waals surface area contributed by atoms with Gasteiger partial charge in [0.25, 0.3) is 5.91 Å². The van der Waals surface area contributed by atoms with Gasteiger partial charge in [-0.2, -0.15) is 18.3 Å². The molecule has 1 aliphatic rings. The number of hydrogen-bond acceptors (Lipinski definition) is 5. The third kappa shape index (κ3) is 3.74. The summed E-state index contributed by atoms with van der Waals surface area (Å²) < 4.78 is 46.3. The zero-order chi connectivity index (χ0) is 20.8. The van der Waals surface area contributed by atoms with Crippen LogP contribution >= 0.6 is 0 Å². The van der Waals surface area contributed by atoms with E-state index in [0.717, 1.165) is 0 Å². The first-order chi connectivity index (χ1) is 13.8. The zero-order valence-corrected chi connectivity index (χ0v) is 15.7. The summed E-state index contributed by atoms with van der Waals surface area (Å²) in [6, 6.07) is 1.63. The van der Waals surface area contributed by atoms with Crippen LogP contribution in [0, 0.1) is 12.8 Å². The number of aryl methyl sites for hydroxylation is 1. The smallest absolute Gasteiger partial charge is 0.408 e. The largest absolute Gasteiger partial charge is 0.495 e. The Hall–Kier alpha value is -3.17. The van der Waals surface area contributed by atoms with Gasteiger partial charge < -0.3 is 10.1 Å². The number of alkyl halides is 3. The Morgan fingerprint density at radius 2 is 2.03 bits per heavy atom. The minimum absolute atomic E-state index is 0.0595. The minimum Gasteiger partial charge on any atom is -0.495 e. The standard InChI is InChI=1S/C19H18F3N5O2/c1-10-5-14(12-6-13(29-2)8-23-7-12)26-27-15(9-24-17(10)27)18(28)25-16(11-3-4-11)19(20,21)22/h5-9,11,16H,3-4H2,1-2H3,(H,25,28)/t16-/m0/s1. The molecule has 4 rings (SSSR count). The molecule has 3 aromatic heterocycles. The SMILES string of the molecule is COc1cncc(-c2cc(C)c3ncc(C(=O)N[C@@H](C4CC4)C(F)(F)F)n3n2)c1. The molecule has 0 spiro atoms. The second kappa shape index (κ2) is 7.02. The Bertz CT molecular complexity index is 1080. The van der Waals surface area contributed by atoms with Crippen LogP contribution in [0.1, 0.15) is 28.9 Å². The van der Waals surface area contributed by atoms with Crippen LogP contribution in [0.15, 0.2) is 30.7 Å². The number of methoxy groups -OCH3 is 1. The van der Waals surface area contributed by atoms with Crippen LogP contribution in [-0.4, -0.2) is 44.8 Å². The molecule has 1 atom stereocenters. The van der Waals surface area contributed by atoms with E-state index in [1.165, 1.54) is 17.8 Å². The Balaban J connectivity index is 1.72. The molecule has 0 bridgehead atoms. The van der Waals surface area contributed by atoms with Gasteiger partial charge in [0, 0.05) is 11.8 Å². The summed E-state index contributed by atoms with van der Waals surface area (Å²) in [6.45, 7) is 1.78. The van der Waals surface area contributed by atoms with Gasteiger partial charge in [0.15, 0.2) is 11.3 Å². The summed E-state index contributed by atoms with van der Waals surface area (Å²) in [5, 5.41) is 6.52. The van der Waals surface area contributed by atoms with Gasteiger partial charge >= 0.3 is 6.18 Å². The van der Waals surface area contributed by atoms with E-state index >= 15 is 0 Å². The number of amides is 1. The second-order valence-electron chi connectivity index (χ2n) is 7.04. The van der Waals surface area contributed by atoms with Crippen molar-refractivity contribution in [2.45, 2.75) is 32.0 Å². The maximum absolute atomic E-state index is 13.3. The maximum Gasteiger partial charge on any atom is 0.408 e. The second-order valence-corrected chi connectivity index (χ2v) is 7.04. The molecular weight excluding hydrogens is 387 g/mol. The molecule has 0 saturated heterocycles. The minimum atomic E-state index is -4.50. The van der Waals surface area contributed by atoms with E-state index in [0.29, 0.717) is 41.1 Å². The van der Waals surface area contributed by atoms with Crippen molar-refractivity contribution < 1.29 is 22.7 Å². The van der Waals surface area contributed by atoms with Crippen molar-refractivity contribution >= 4 is 11.6 Å². The van der Waals surface area contributed by atoms with E-state index in [1.54, 1.807) is 31.5 Å².